The lowest BCUT2D eigenvalue weighted by atomic mass is 9.94. The maximum Gasteiger partial charge on any atom is 0.338 e. The van der Waals surface area contributed by atoms with Crippen molar-refractivity contribution in [1.82, 2.24) is 20.4 Å². The molecule has 0 saturated carbocycles. The van der Waals surface area contributed by atoms with Crippen LogP contribution < -0.4 is 10.6 Å². The molecule has 33 heavy (non-hydrogen) atoms. The summed E-state index contributed by atoms with van der Waals surface area (Å²) in [4.78, 5) is 30.1. The number of nitrogens with zero attached hydrogens (tertiary/aromatic N) is 2. The molecular formula is C24H32F2N4O3. The van der Waals surface area contributed by atoms with Crippen molar-refractivity contribution < 1.29 is 23.1 Å². The molecule has 9 heteroatoms. The van der Waals surface area contributed by atoms with Crippen LogP contribution in [-0.2, 0) is 9.53 Å². The highest BCUT2D eigenvalue weighted by atomic mass is 19.2. The molecule has 7 nitrogen and oxygen atoms in total. The fourth-order valence-corrected chi connectivity index (χ4v) is 5.08. The molecular weight excluding hydrogens is 430 g/mol. The summed E-state index contributed by atoms with van der Waals surface area (Å²) in [7, 11) is 0. The summed E-state index contributed by atoms with van der Waals surface area (Å²) >= 11 is 0. The molecule has 0 bridgehead atoms. The van der Waals surface area contributed by atoms with Crippen LogP contribution in [0.3, 0.4) is 0 Å². The number of carbonyl (C=O) groups is 2. The Hall–Kier alpha value is -2.52. The van der Waals surface area contributed by atoms with Gasteiger partial charge in [-0.05, 0) is 63.4 Å². The predicted molar refractivity (Wildman–Crippen MR) is 119 cm³/mol. The number of nitrogens with one attached hydrogen (secondary N) is 2. The average Bonchev–Trinajstić information content (AvgIpc) is 2.81. The minimum absolute atomic E-state index is 0.162. The fraction of sp³-hybridized carbons (Fsp3) is 0.583. The van der Waals surface area contributed by atoms with Gasteiger partial charge in [0.15, 0.2) is 11.6 Å². The molecule has 1 aromatic rings. The van der Waals surface area contributed by atoms with Crippen molar-refractivity contribution in [3.8, 4) is 0 Å². The van der Waals surface area contributed by atoms with Crippen molar-refractivity contribution in [2.45, 2.75) is 51.1 Å². The summed E-state index contributed by atoms with van der Waals surface area (Å²) in [5, 5.41) is 5.43. The molecule has 2 N–H and O–H groups in total. The summed E-state index contributed by atoms with van der Waals surface area (Å²) < 4.78 is 32.7. The quantitative estimate of drug-likeness (QED) is 0.636. The Balaban J connectivity index is 1.54. The number of ether oxygens (including phenoxy) is 1. The van der Waals surface area contributed by atoms with Crippen LogP contribution >= 0.6 is 0 Å². The summed E-state index contributed by atoms with van der Waals surface area (Å²) in [6, 6.07) is 2.54. The van der Waals surface area contributed by atoms with Crippen molar-refractivity contribution in [2.24, 2.45) is 0 Å². The summed E-state index contributed by atoms with van der Waals surface area (Å²) in [5.74, 6) is -2.61. The van der Waals surface area contributed by atoms with Gasteiger partial charge in [0.25, 0.3) is 0 Å². The first-order valence-corrected chi connectivity index (χ1v) is 11.8. The number of esters is 1. The first kappa shape index (κ1) is 23.6. The van der Waals surface area contributed by atoms with Crippen LogP contribution in [0, 0.1) is 11.6 Å². The largest absolute Gasteiger partial charge is 0.463 e. The molecule has 3 aliphatic heterocycles. The van der Waals surface area contributed by atoms with E-state index in [1.165, 1.54) is 38.4 Å². The number of likely N-dealkylation sites (tertiary alicyclic amines) is 2. The van der Waals surface area contributed by atoms with E-state index in [2.05, 4.69) is 20.4 Å². The van der Waals surface area contributed by atoms with Crippen molar-refractivity contribution in [2.75, 3.05) is 39.3 Å². The van der Waals surface area contributed by atoms with E-state index in [1.807, 2.05) is 0 Å². The first-order valence-electron chi connectivity index (χ1n) is 11.8. The van der Waals surface area contributed by atoms with Gasteiger partial charge in [-0.25, -0.2) is 18.4 Å². The van der Waals surface area contributed by atoms with Crippen LogP contribution in [0.15, 0.2) is 29.5 Å². The molecule has 180 valence electrons. The SMILES string of the molecule is CCOC(=O)C1=C(CN2CCC(N3CCCCC3)CC2)NC(=O)N[C@H]1c1ccc(F)c(F)c1. The van der Waals surface area contributed by atoms with Gasteiger partial charge in [-0.1, -0.05) is 12.5 Å². The van der Waals surface area contributed by atoms with Gasteiger partial charge in [0.1, 0.15) is 0 Å². The molecule has 2 fully saturated rings. The molecule has 0 aliphatic carbocycles. The molecule has 3 heterocycles. The highest BCUT2D eigenvalue weighted by molar-refractivity contribution is 5.95. The van der Waals surface area contributed by atoms with Gasteiger partial charge in [-0.3, -0.25) is 4.90 Å². The third-order valence-corrected chi connectivity index (χ3v) is 6.77. The lowest BCUT2D eigenvalue weighted by molar-refractivity contribution is -0.139. The van der Waals surface area contributed by atoms with E-state index in [1.54, 1.807) is 6.92 Å². The molecule has 0 unspecified atom stereocenters. The molecule has 2 amide bonds. The van der Waals surface area contributed by atoms with E-state index >= 15 is 0 Å². The second kappa shape index (κ2) is 10.6. The van der Waals surface area contributed by atoms with E-state index in [0.717, 1.165) is 38.1 Å². The van der Waals surface area contributed by atoms with E-state index in [4.69, 9.17) is 4.74 Å². The molecule has 0 aromatic heterocycles. The highest BCUT2D eigenvalue weighted by Crippen LogP contribution is 2.30. The van der Waals surface area contributed by atoms with Gasteiger partial charge in [-0.2, -0.15) is 0 Å². The van der Waals surface area contributed by atoms with Crippen molar-refractivity contribution in [3.05, 3.63) is 46.7 Å². The maximum absolute atomic E-state index is 13.9. The topological polar surface area (TPSA) is 73.9 Å². The van der Waals surface area contributed by atoms with E-state index in [9.17, 15) is 18.4 Å². The van der Waals surface area contributed by atoms with Crippen LogP contribution in [0.1, 0.15) is 50.6 Å². The second-order valence-corrected chi connectivity index (χ2v) is 8.92. The average molecular weight is 463 g/mol. The van der Waals surface area contributed by atoms with Crippen molar-refractivity contribution >= 4 is 12.0 Å². The lowest BCUT2D eigenvalue weighted by Gasteiger charge is -2.41. The smallest absolute Gasteiger partial charge is 0.338 e. The lowest BCUT2D eigenvalue weighted by Crippen LogP contribution is -2.51. The molecule has 1 atom stereocenters. The van der Waals surface area contributed by atoms with Gasteiger partial charge in [-0.15, -0.1) is 0 Å². The minimum Gasteiger partial charge on any atom is -0.463 e. The number of hydrogen-bond acceptors (Lipinski definition) is 5. The second-order valence-electron chi connectivity index (χ2n) is 8.92. The minimum atomic E-state index is -1.04. The number of amides is 2. The number of urea groups is 1. The van der Waals surface area contributed by atoms with E-state index in [0.29, 0.717) is 18.3 Å². The van der Waals surface area contributed by atoms with Crippen LogP contribution in [-0.4, -0.2) is 67.2 Å². The molecule has 4 rings (SSSR count). The zero-order valence-corrected chi connectivity index (χ0v) is 19.0. The zero-order chi connectivity index (χ0) is 23.4. The predicted octanol–water partition coefficient (Wildman–Crippen LogP) is 3.09. The third kappa shape index (κ3) is 5.52. The number of rotatable bonds is 6. The van der Waals surface area contributed by atoms with Crippen LogP contribution in [0.4, 0.5) is 13.6 Å². The zero-order valence-electron chi connectivity index (χ0n) is 19.0. The monoisotopic (exact) mass is 462 g/mol. The van der Waals surface area contributed by atoms with Crippen LogP contribution in [0.2, 0.25) is 0 Å². The Bertz CT molecular complexity index is 909. The highest BCUT2D eigenvalue weighted by Gasteiger charge is 2.35. The number of piperidine rings is 2. The van der Waals surface area contributed by atoms with Gasteiger partial charge < -0.3 is 20.3 Å². The summed E-state index contributed by atoms with van der Waals surface area (Å²) in [6.07, 6.45) is 5.93. The molecule has 0 spiro atoms. The Morgan fingerprint density at radius 2 is 1.82 bits per heavy atom. The number of halogens is 2. The summed E-state index contributed by atoms with van der Waals surface area (Å²) in [5.41, 5.74) is 0.956. The van der Waals surface area contributed by atoms with Gasteiger partial charge in [0, 0.05) is 31.4 Å². The third-order valence-electron chi connectivity index (χ3n) is 6.77. The van der Waals surface area contributed by atoms with Crippen LogP contribution in [0.25, 0.3) is 0 Å². The Kier molecular flexibility index (Phi) is 7.60. The molecule has 3 aliphatic rings. The van der Waals surface area contributed by atoms with E-state index < -0.39 is 29.7 Å². The number of hydrogen-bond donors (Lipinski definition) is 2. The molecule has 2 saturated heterocycles. The summed E-state index contributed by atoms with van der Waals surface area (Å²) in [6.45, 7) is 6.30. The molecule has 1 aromatic carbocycles. The van der Waals surface area contributed by atoms with Crippen molar-refractivity contribution in [3.63, 3.8) is 0 Å². The van der Waals surface area contributed by atoms with Gasteiger partial charge in [0.05, 0.1) is 18.2 Å². The van der Waals surface area contributed by atoms with Crippen molar-refractivity contribution in [1.29, 1.82) is 0 Å². The van der Waals surface area contributed by atoms with Gasteiger partial charge in [0.2, 0.25) is 0 Å². The maximum atomic E-state index is 13.9. The number of benzene rings is 1. The van der Waals surface area contributed by atoms with Gasteiger partial charge >= 0.3 is 12.0 Å². The standard InChI is InChI=1S/C24H32F2N4O3/c1-2-33-23(31)21-20(15-29-12-8-17(9-13-29)30-10-4-3-5-11-30)27-24(32)28-22(21)16-6-7-18(25)19(26)14-16/h6-7,14,17,22H,2-5,8-13,15H2,1H3,(H2,27,28,32)/t22-/m0/s1. The first-order chi connectivity index (χ1) is 16.0. The van der Waals surface area contributed by atoms with Crippen LogP contribution in [0.5, 0.6) is 0 Å². The fourth-order valence-electron chi connectivity index (χ4n) is 5.08. The Labute approximate surface area is 193 Å². The Morgan fingerprint density at radius 3 is 2.48 bits per heavy atom. The van der Waals surface area contributed by atoms with E-state index in [-0.39, 0.29) is 17.7 Å². The Morgan fingerprint density at radius 1 is 1.09 bits per heavy atom. The molecule has 0 radical (unpaired) electrons. The number of carbonyl (C=O) groups excluding carboxylic acids is 2. The normalized spacial score (nSPS) is 23.2.